The molecule has 0 saturated heterocycles. The lowest BCUT2D eigenvalue weighted by Gasteiger charge is -2.20. The zero-order chi connectivity index (χ0) is 22.3. The largest absolute Gasteiger partial charge is 0.480 e. The van der Waals surface area contributed by atoms with Gasteiger partial charge in [0.05, 0.1) is 0 Å². The molecule has 0 fully saturated rings. The third-order valence-corrected chi connectivity index (χ3v) is 5.95. The van der Waals surface area contributed by atoms with E-state index in [9.17, 15) is 9.59 Å². The Labute approximate surface area is 187 Å². The van der Waals surface area contributed by atoms with Gasteiger partial charge >= 0.3 is 5.97 Å². The number of carbonyl (C=O) groups is 2. The van der Waals surface area contributed by atoms with Gasteiger partial charge in [-0.15, -0.1) is 0 Å². The Balaban J connectivity index is 3.55. The third kappa shape index (κ3) is 20.2. The maximum atomic E-state index is 12.3. The molecule has 0 heterocycles. The molecule has 0 unspecified atom stereocenters. The minimum absolute atomic E-state index is 0.0172. The second kappa shape index (κ2) is 22.6. The Bertz CT molecular complexity index is 398. The molecule has 1 N–H and O–H groups in total. The van der Waals surface area contributed by atoms with Crippen molar-refractivity contribution in [3.63, 3.8) is 0 Å². The molecule has 4 heteroatoms. The van der Waals surface area contributed by atoms with Crippen molar-refractivity contribution < 1.29 is 14.7 Å². The summed E-state index contributed by atoms with van der Waals surface area (Å²) in [4.78, 5) is 24.9. The number of carboxylic acid groups (broad SMARTS) is 1. The van der Waals surface area contributed by atoms with E-state index < -0.39 is 5.97 Å². The molecule has 0 radical (unpaired) electrons. The van der Waals surface area contributed by atoms with E-state index in [-0.39, 0.29) is 12.5 Å². The Kier molecular flexibility index (Phi) is 21.8. The first kappa shape index (κ1) is 28.9. The molecule has 178 valence electrons. The SMILES string of the molecule is CCCCCCCCCCCCCCCCCC(=O)N(CCCCCC)CC(=O)O. The molecular weight excluding hydrogens is 374 g/mol. The van der Waals surface area contributed by atoms with Crippen molar-refractivity contribution in [2.45, 2.75) is 142 Å². The van der Waals surface area contributed by atoms with Gasteiger partial charge < -0.3 is 10.0 Å². The molecule has 0 aliphatic rings. The standard InChI is InChI=1S/C26H51NO3/c1-3-5-7-9-10-11-12-13-14-15-16-17-18-19-20-22-25(28)27(24-26(29)30)23-21-8-6-4-2/h3-24H2,1-2H3,(H,29,30). The van der Waals surface area contributed by atoms with Crippen LogP contribution in [-0.2, 0) is 9.59 Å². The van der Waals surface area contributed by atoms with Gasteiger partial charge in [0.25, 0.3) is 0 Å². The minimum atomic E-state index is -0.907. The minimum Gasteiger partial charge on any atom is -0.480 e. The van der Waals surface area contributed by atoms with Crippen molar-refractivity contribution >= 4 is 11.9 Å². The van der Waals surface area contributed by atoms with Crippen molar-refractivity contribution in [2.75, 3.05) is 13.1 Å². The van der Waals surface area contributed by atoms with E-state index in [0.29, 0.717) is 13.0 Å². The molecule has 0 aromatic heterocycles. The highest BCUT2D eigenvalue weighted by Gasteiger charge is 2.15. The van der Waals surface area contributed by atoms with Crippen LogP contribution in [0.25, 0.3) is 0 Å². The maximum absolute atomic E-state index is 12.3. The van der Waals surface area contributed by atoms with E-state index >= 15 is 0 Å². The van der Waals surface area contributed by atoms with Crippen molar-refractivity contribution in [3.8, 4) is 0 Å². The fourth-order valence-electron chi connectivity index (χ4n) is 3.99. The second-order valence-corrected chi connectivity index (χ2v) is 8.97. The van der Waals surface area contributed by atoms with Crippen LogP contribution in [-0.4, -0.2) is 35.0 Å². The van der Waals surface area contributed by atoms with Gasteiger partial charge in [-0.3, -0.25) is 9.59 Å². The highest BCUT2D eigenvalue weighted by molar-refractivity contribution is 5.81. The number of rotatable bonds is 23. The summed E-state index contributed by atoms with van der Waals surface area (Å²) in [5, 5.41) is 9.05. The molecule has 0 aliphatic heterocycles. The monoisotopic (exact) mass is 425 g/mol. The number of carboxylic acids is 1. The summed E-state index contributed by atoms with van der Waals surface area (Å²) in [6.45, 7) is 4.86. The van der Waals surface area contributed by atoms with Crippen molar-refractivity contribution in [3.05, 3.63) is 0 Å². The lowest BCUT2D eigenvalue weighted by molar-refractivity contribution is -0.144. The first-order valence-corrected chi connectivity index (χ1v) is 13.1. The molecular formula is C26H51NO3. The van der Waals surface area contributed by atoms with Crippen LogP contribution in [0, 0.1) is 0 Å². The second-order valence-electron chi connectivity index (χ2n) is 8.97. The number of hydrogen-bond acceptors (Lipinski definition) is 2. The Morgan fingerprint density at radius 3 is 1.33 bits per heavy atom. The van der Waals surface area contributed by atoms with E-state index in [2.05, 4.69) is 13.8 Å². The van der Waals surface area contributed by atoms with Crippen molar-refractivity contribution in [1.29, 1.82) is 0 Å². The summed E-state index contributed by atoms with van der Waals surface area (Å²) in [5.74, 6) is -0.890. The maximum Gasteiger partial charge on any atom is 0.323 e. The van der Waals surface area contributed by atoms with Gasteiger partial charge in [-0.2, -0.15) is 0 Å². The van der Waals surface area contributed by atoms with Gasteiger partial charge in [0.1, 0.15) is 6.54 Å². The Hall–Kier alpha value is -1.06. The first-order valence-electron chi connectivity index (χ1n) is 13.1. The molecule has 0 aliphatic carbocycles. The summed E-state index contributed by atoms with van der Waals surface area (Å²) in [6.07, 6.45) is 24.4. The van der Waals surface area contributed by atoms with Gasteiger partial charge in [0.2, 0.25) is 5.91 Å². The van der Waals surface area contributed by atoms with Crippen LogP contribution in [0.1, 0.15) is 142 Å². The lowest BCUT2D eigenvalue weighted by Crippen LogP contribution is -2.36. The van der Waals surface area contributed by atoms with Crippen molar-refractivity contribution in [1.82, 2.24) is 4.90 Å². The summed E-state index contributed by atoms with van der Waals surface area (Å²) < 4.78 is 0. The predicted molar refractivity (Wildman–Crippen MR) is 128 cm³/mol. The number of unbranched alkanes of at least 4 members (excludes halogenated alkanes) is 17. The van der Waals surface area contributed by atoms with Crippen LogP contribution in [0.3, 0.4) is 0 Å². The number of carbonyl (C=O) groups excluding carboxylic acids is 1. The Morgan fingerprint density at radius 1 is 0.567 bits per heavy atom. The molecule has 1 amide bonds. The quantitative estimate of drug-likeness (QED) is 0.170. The predicted octanol–water partition coefficient (Wildman–Crippen LogP) is 7.74. The molecule has 0 aromatic carbocycles. The van der Waals surface area contributed by atoms with Crippen molar-refractivity contribution in [2.24, 2.45) is 0 Å². The summed E-state index contributed by atoms with van der Waals surface area (Å²) in [7, 11) is 0. The smallest absolute Gasteiger partial charge is 0.323 e. The van der Waals surface area contributed by atoms with Crippen LogP contribution in [0.5, 0.6) is 0 Å². The molecule has 4 nitrogen and oxygen atoms in total. The van der Waals surface area contributed by atoms with Crippen LogP contribution in [0.2, 0.25) is 0 Å². The molecule has 0 saturated carbocycles. The lowest BCUT2D eigenvalue weighted by atomic mass is 10.0. The van der Waals surface area contributed by atoms with E-state index in [1.54, 1.807) is 4.90 Å². The van der Waals surface area contributed by atoms with E-state index in [0.717, 1.165) is 38.5 Å². The fourth-order valence-corrected chi connectivity index (χ4v) is 3.99. The zero-order valence-corrected chi connectivity index (χ0v) is 20.3. The van der Waals surface area contributed by atoms with Crippen LogP contribution in [0.15, 0.2) is 0 Å². The van der Waals surface area contributed by atoms with Gasteiger partial charge in [0.15, 0.2) is 0 Å². The van der Waals surface area contributed by atoms with Gasteiger partial charge in [-0.25, -0.2) is 0 Å². The highest BCUT2D eigenvalue weighted by atomic mass is 16.4. The summed E-state index contributed by atoms with van der Waals surface area (Å²) >= 11 is 0. The Morgan fingerprint density at radius 2 is 0.933 bits per heavy atom. The molecule has 0 rings (SSSR count). The average molecular weight is 426 g/mol. The van der Waals surface area contributed by atoms with E-state index in [4.69, 9.17) is 5.11 Å². The number of amides is 1. The normalized spacial score (nSPS) is 11.0. The van der Waals surface area contributed by atoms with Gasteiger partial charge in [-0.05, 0) is 12.8 Å². The molecule has 0 bridgehead atoms. The molecule has 0 aromatic rings. The summed E-state index contributed by atoms with van der Waals surface area (Å²) in [5.41, 5.74) is 0. The van der Waals surface area contributed by atoms with Gasteiger partial charge in [0, 0.05) is 13.0 Å². The first-order chi connectivity index (χ1) is 14.6. The van der Waals surface area contributed by atoms with Gasteiger partial charge in [-0.1, -0.05) is 123 Å². The zero-order valence-electron chi connectivity index (χ0n) is 20.3. The number of nitrogens with zero attached hydrogens (tertiary/aromatic N) is 1. The summed E-state index contributed by atoms with van der Waals surface area (Å²) in [6, 6.07) is 0. The van der Waals surface area contributed by atoms with E-state index in [1.165, 1.54) is 83.5 Å². The van der Waals surface area contributed by atoms with Crippen LogP contribution in [0.4, 0.5) is 0 Å². The van der Waals surface area contributed by atoms with Crippen LogP contribution >= 0.6 is 0 Å². The third-order valence-electron chi connectivity index (χ3n) is 5.95. The fraction of sp³-hybridized carbons (Fsp3) is 0.923. The molecule has 0 spiro atoms. The number of aliphatic carboxylic acids is 1. The topological polar surface area (TPSA) is 57.6 Å². The number of hydrogen-bond donors (Lipinski definition) is 1. The molecule has 0 atom stereocenters. The highest BCUT2D eigenvalue weighted by Crippen LogP contribution is 2.14. The average Bonchev–Trinajstić information content (AvgIpc) is 2.72. The van der Waals surface area contributed by atoms with E-state index in [1.807, 2.05) is 0 Å². The molecule has 30 heavy (non-hydrogen) atoms. The van der Waals surface area contributed by atoms with Crippen LogP contribution < -0.4 is 0 Å².